The zero-order valence-electron chi connectivity index (χ0n) is 13.1. The molecule has 9 heteroatoms. The number of likely N-dealkylation sites (tertiary alicyclic amines) is 1. The number of pyridine rings is 1. The number of nitrogens with zero attached hydrogens (tertiary/aromatic N) is 4. The van der Waals surface area contributed by atoms with E-state index in [9.17, 15) is 14.9 Å². The van der Waals surface area contributed by atoms with Crippen LogP contribution in [0.5, 0.6) is 0 Å². The second-order valence-corrected chi connectivity index (χ2v) is 6.73. The van der Waals surface area contributed by atoms with E-state index in [1.165, 1.54) is 12.3 Å². The minimum Gasteiger partial charge on any atom is -0.365 e. The monoisotopic (exact) mass is 347 g/mol. The summed E-state index contributed by atoms with van der Waals surface area (Å²) in [7, 11) is 0. The molecule has 3 heterocycles. The summed E-state index contributed by atoms with van der Waals surface area (Å²) in [5, 5.41) is 16.7. The zero-order valence-corrected chi connectivity index (χ0v) is 14.0. The largest absolute Gasteiger partial charge is 0.365 e. The first kappa shape index (κ1) is 16.3. The number of carbonyl (C=O) groups is 1. The first-order valence-electron chi connectivity index (χ1n) is 7.57. The van der Waals surface area contributed by atoms with Crippen LogP contribution in [0.15, 0.2) is 23.7 Å². The lowest BCUT2D eigenvalue weighted by Gasteiger charge is -2.17. The Hall–Kier alpha value is -2.55. The number of carbonyl (C=O) groups excluding carboxylic acids is 1. The van der Waals surface area contributed by atoms with Crippen LogP contribution in [-0.2, 0) is 11.2 Å². The topological polar surface area (TPSA) is 101 Å². The Bertz CT molecular complexity index is 746. The van der Waals surface area contributed by atoms with Crippen LogP contribution in [0.2, 0.25) is 0 Å². The van der Waals surface area contributed by atoms with Crippen molar-refractivity contribution in [3.05, 3.63) is 44.5 Å². The van der Waals surface area contributed by atoms with Crippen LogP contribution in [0.3, 0.4) is 0 Å². The third-order valence-electron chi connectivity index (χ3n) is 3.85. The number of anilines is 1. The average molecular weight is 347 g/mol. The number of aryl methyl sites for hydroxylation is 1. The fourth-order valence-electron chi connectivity index (χ4n) is 2.65. The minimum absolute atomic E-state index is 0.0395. The van der Waals surface area contributed by atoms with Gasteiger partial charge in [-0.2, -0.15) is 0 Å². The quantitative estimate of drug-likeness (QED) is 0.656. The van der Waals surface area contributed by atoms with E-state index in [1.807, 2.05) is 17.2 Å². The summed E-state index contributed by atoms with van der Waals surface area (Å²) in [5.74, 6) is 0.649. The lowest BCUT2D eigenvalue weighted by atomic mass is 10.2. The molecule has 0 aliphatic carbocycles. The van der Waals surface area contributed by atoms with E-state index in [-0.39, 0.29) is 17.6 Å². The Morgan fingerprint density at radius 1 is 1.54 bits per heavy atom. The molecule has 1 atom stereocenters. The van der Waals surface area contributed by atoms with Crippen molar-refractivity contribution in [2.24, 2.45) is 0 Å². The Kier molecular flexibility index (Phi) is 4.70. The summed E-state index contributed by atoms with van der Waals surface area (Å²) in [6, 6.07) is 3.10. The predicted molar refractivity (Wildman–Crippen MR) is 90.1 cm³/mol. The molecule has 1 fully saturated rings. The number of amides is 1. The van der Waals surface area contributed by atoms with Gasteiger partial charge in [-0.25, -0.2) is 9.97 Å². The lowest BCUT2D eigenvalue weighted by Crippen LogP contribution is -2.32. The van der Waals surface area contributed by atoms with Crippen LogP contribution >= 0.6 is 11.3 Å². The van der Waals surface area contributed by atoms with Crippen molar-refractivity contribution in [3.8, 4) is 0 Å². The van der Waals surface area contributed by atoms with Crippen LogP contribution in [-0.4, -0.2) is 44.8 Å². The van der Waals surface area contributed by atoms with Gasteiger partial charge >= 0.3 is 0 Å². The van der Waals surface area contributed by atoms with Crippen LogP contribution in [0.1, 0.15) is 17.1 Å². The van der Waals surface area contributed by atoms with Crippen molar-refractivity contribution in [1.29, 1.82) is 0 Å². The average Bonchev–Trinajstić information content (AvgIpc) is 3.17. The van der Waals surface area contributed by atoms with Gasteiger partial charge in [-0.15, -0.1) is 11.3 Å². The van der Waals surface area contributed by atoms with Crippen molar-refractivity contribution < 1.29 is 9.72 Å². The van der Waals surface area contributed by atoms with E-state index in [2.05, 4.69) is 15.3 Å². The van der Waals surface area contributed by atoms with Crippen LogP contribution in [0, 0.1) is 17.0 Å². The number of hydrogen-bond acceptors (Lipinski definition) is 7. The molecule has 1 unspecified atom stereocenters. The SMILES string of the molecule is Cc1nc(CC(=O)N2CCC(Nc3ccc([N+](=O)[O-])cn3)C2)cs1. The Labute approximate surface area is 142 Å². The molecule has 0 radical (unpaired) electrons. The molecule has 0 saturated carbocycles. The van der Waals surface area contributed by atoms with Gasteiger partial charge in [-0.05, 0) is 19.4 Å². The Morgan fingerprint density at radius 3 is 3.00 bits per heavy atom. The molecule has 2 aromatic heterocycles. The van der Waals surface area contributed by atoms with Gasteiger partial charge in [0.25, 0.3) is 5.69 Å². The third kappa shape index (κ3) is 3.85. The molecule has 8 nitrogen and oxygen atoms in total. The molecule has 1 aliphatic rings. The summed E-state index contributed by atoms with van der Waals surface area (Å²) in [4.78, 5) is 32.6. The first-order valence-corrected chi connectivity index (χ1v) is 8.45. The molecule has 0 spiro atoms. The highest BCUT2D eigenvalue weighted by Crippen LogP contribution is 2.18. The lowest BCUT2D eigenvalue weighted by molar-refractivity contribution is -0.385. The molecule has 1 saturated heterocycles. The molecule has 1 N–H and O–H groups in total. The van der Waals surface area contributed by atoms with Gasteiger partial charge in [0.05, 0.1) is 22.0 Å². The number of rotatable bonds is 5. The van der Waals surface area contributed by atoms with E-state index >= 15 is 0 Å². The van der Waals surface area contributed by atoms with Crippen molar-refractivity contribution in [1.82, 2.24) is 14.9 Å². The molecular formula is C15H17N5O3S. The van der Waals surface area contributed by atoms with Crippen molar-refractivity contribution in [2.45, 2.75) is 25.8 Å². The molecular weight excluding hydrogens is 330 g/mol. The number of aromatic nitrogens is 2. The Balaban J connectivity index is 1.53. The van der Waals surface area contributed by atoms with Gasteiger partial charge in [0, 0.05) is 30.6 Å². The minimum atomic E-state index is -0.479. The fraction of sp³-hybridized carbons (Fsp3) is 0.400. The molecule has 1 amide bonds. The van der Waals surface area contributed by atoms with Gasteiger partial charge in [0.15, 0.2) is 0 Å². The maximum Gasteiger partial charge on any atom is 0.287 e. The summed E-state index contributed by atoms with van der Waals surface area (Å²) in [5.41, 5.74) is 0.776. The maximum atomic E-state index is 12.3. The smallest absolute Gasteiger partial charge is 0.287 e. The number of nitrogens with one attached hydrogen (secondary N) is 1. The van der Waals surface area contributed by atoms with Crippen LogP contribution in [0.25, 0.3) is 0 Å². The highest BCUT2D eigenvalue weighted by atomic mass is 32.1. The highest BCUT2D eigenvalue weighted by Gasteiger charge is 2.26. The summed E-state index contributed by atoms with van der Waals surface area (Å²) in [6.45, 7) is 3.21. The summed E-state index contributed by atoms with van der Waals surface area (Å²) < 4.78 is 0. The molecule has 126 valence electrons. The van der Waals surface area contributed by atoms with E-state index < -0.39 is 4.92 Å². The Morgan fingerprint density at radius 2 is 2.38 bits per heavy atom. The fourth-order valence-corrected chi connectivity index (χ4v) is 3.26. The molecule has 2 aromatic rings. The van der Waals surface area contributed by atoms with E-state index in [1.54, 1.807) is 17.4 Å². The maximum absolute atomic E-state index is 12.3. The third-order valence-corrected chi connectivity index (χ3v) is 4.67. The number of hydrogen-bond donors (Lipinski definition) is 1. The van der Waals surface area contributed by atoms with Crippen molar-refractivity contribution in [3.63, 3.8) is 0 Å². The number of thiazole rings is 1. The van der Waals surface area contributed by atoms with E-state index in [0.717, 1.165) is 17.1 Å². The predicted octanol–water partition coefficient (Wildman–Crippen LogP) is 2.01. The van der Waals surface area contributed by atoms with Crippen molar-refractivity contribution in [2.75, 3.05) is 18.4 Å². The van der Waals surface area contributed by atoms with Crippen molar-refractivity contribution >= 4 is 28.7 Å². The standard InChI is InChI=1S/C15H17N5O3S/c1-10-17-12(9-24-10)6-15(21)19-5-4-11(8-19)18-14-3-2-13(7-16-14)20(22)23/h2-3,7,9,11H,4-6,8H2,1H3,(H,16,18). The first-order chi connectivity index (χ1) is 11.5. The number of nitro groups is 1. The molecule has 0 aromatic carbocycles. The van der Waals surface area contributed by atoms with Gasteiger partial charge in [0.1, 0.15) is 12.0 Å². The van der Waals surface area contributed by atoms with Gasteiger partial charge < -0.3 is 10.2 Å². The molecule has 0 bridgehead atoms. The van der Waals surface area contributed by atoms with E-state index in [4.69, 9.17) is 0 Å². The zero-order chi connectivity index (χ0) is 17.1. The molecule has 24 heavy (non-hydrogen) atoms. The van der Waals surface area contributed by atoms with Gasteiger partial charge in [-0.3, -0.25) is 14.9 Å². The molecule has 3 rings (SSSR count). The van der Waals surface area contributed by atoms with Crippen LogP contribution in [0.4, 0.5) is 11.5 Å². The van der Waals surface area contributed by atoms with E-state index in [0.29, 0.717) is 25.3 Å². The molecule has 1 aliphatic heterocycles. The van der Waals surface area contributed by atoms with Gasteiger partial charge in [0.2, 0.25) is 5.91 Å². The second-order valence-electron chi connectivity index (χ2n) is 5.66. The van der Waals surface area contributed by atoms with Gasteiger partial charge in [-0.1, -0.05) is 0 Å². The normalized spacial score (nSPS) is 17.0. The summed E-state index contributed by atoms with van der Waals surface area (Å²) in [6.07, 6.45) is 2.37. The summed E-state index contributed by atoms with van der Waals surface area (Å²) >= 11 is 1.54. The highest BCUT2D eigenvalue weighted by molar-refractivity contribution is 7.09. The second kappa shape index (κ2) is 6.91. The van der Waals surface area contributed by atoms with Crippen LogP contribution < -0.4 is 5.32 Å².